The lowest BCUT2D eigenvalue weighted by atomic mass is 10.0. The molecule has 2 fully saturated rings. The number of hydrogen-bond donors (Lipinski definition) is 2. The van der Waals surface area contributed by atoms with Crippen LogP contribution in [0.2, 0.25) is 0 Å². The summed E-state index contributed by atoms with van der Waals surface area (Å²) < 4.78 is 0. The van der Waals surface area contributed by atoms with Gasteiger partial charge in [-0.15, -0.1) is 0 Å². The third kappa shape index (κ3) is 2.72. The van der Waals surface area contributed by atoms with Crippen molar-refractivity contribution >= 4 is 11.8 Å². The van der Waals surface area contributed by atoms with E-state index >= 15 is 0 Å². The molecule has 1 atom stereocenters. The minimum Gasteiger partial charge on any atom is -0.354 e. The molecule has 2 N–H and O–H groups in total. The van der Waals surface area contributed by atoms with Gasteiger partial charge in [-0.1, -0.05) is 6.42 Å². The topological polar surface area (TPSA) is 61.4 Å². The van der Waals surface area contributed by atoms with E-state index < -0.39 is 0 Å². The maximum absolute atomic E-state index is 12.1. The first-order chi connectivity index (χ1) is 7.77. The van der Waals surface area contributed by atoms with Crippen LogP contribution in [0.4, 0.5) is 0 Å². The summed E-state index contributed by atoms with van der Waals surface area (Å²) in [7, 11) is 0. The molecule has 2 amide bonds. The molecule has 0 spiro atoms. The highest BCUT2D eigenvalue weighted by molar-refractivity contribution is 5.83. The molecule has 2 heterocycles. The Morgan fingerprint density at radius 1 is 1.25 bits per heavy atom. The van der Waals surface area contributed by atoms with Gasteiger partial charge in [-0.25, -0.2) is 0 Å². The standard InChI is InChI=1S/C11H19N3O2/c15-10-4-7-14(8-6-13-10)11(16)9-3-1-2-5-12-9/h9,12H,1-8H2,(H,13,15)/t9-/m1/s1. The fraction of sp³-hybridized carbons (Fsp3) is 0.818. The molecule has 2 saturated heterocycles. The van der Waals surface area contributed by atoms with Gasteiger partial charge in [0.1, 0.15) is 0 Å². The van der Waals surface area contributed by atoms with E-state index in [4.69, 9.17) is 0 Å². The minimum absolute atomic E-state index is 0.0260. The first kappa shape index (κ1) is 11.4. The summed E-state index contributed by atoms with van der Waals surface area (Å²) in [5, 5.41) is 6.03. The first-order valence-electron chi connectivity index (χ1n) is 6.06. The van der Waals surface area contributed by atoms with Gasteiger partial charge in [-0.2, -0.15) is 0 Å². The van der Waals surface area contributed by atoms with E-state index in [1.807, 2.05) is 0 Å². The molecule has 90 valence electrons. The highest BCUT2D eigenvalue weighted by atomic mass is 16.2. The van der Waals surface area contributed by atoms with Crippen molar-refractivity contribution < 1.29 is 9.59 Å². The summed E-state index contributed by atoms with van der Waals surface area (Å²) in [4.78, 5) is 25.1. The molecule has 0 radical (unpaired) electrons. The van der Waals surface area contributed by atoms with E-state index in [1.54, 1.807) is 4.90 Å². The molecule has 5 heteroatoms. The molecular formula is C11H19N3O2. The monoisotopic (exact) mass is 225 g/mol. The number of rotatable bonds is 1. The van der Waals surface area contributed by atoms with E-state index in [1.165, 1.54) is 0 Å². The second kappa shape index (κ2) is 5.30. The maximum Gasteiger partial charge on any atom is 0.239 e. The van der Waals surface area contributed by atoms with E-state index in [2.05, 4.69) is 10.6 Å². The van der Waals surface area contributed by atoms with E-state index in [9.17, 15) is 9.59 Å². The zero-order chi connectivity index (χ0) is 11.4. The fourth-order valence-corrected chi connectivity index (χ4v) is 2.27. The Bertz CT molecular complexity index is 274. The number of piperidine rings is 1. The molecule has 0 aromatic heterocycles. The molecule has 0 saturated carbocycles. The van der Waals surface area contributed by atoms with Crippen LogP contribution in [0, 0.1) is 0 Å². The predicted molar refractivity (Wildman–Crippen MR) is 59.8 cm³/mol. The Hall–Kier alpha value is -1.10. The molecule has 0 aromatic carbocycles. The molecule has 16 heavy (non-hydrogen) atoms. The summed E-state index contributed by atoms with van der Waals surface area (Å²) in [6.07, 6.45) is 3.63. The van der Waals surface area contributed by atoms with E-state index in [-0.39, 0.29) is 17.9 Å². The van der Waals surface area contributed by atoms with Gasteiger partial charge in [-0.3, -0.25) is 9.59 Å². The lowest BCUT2D eigenvalue weighted by molar-refractivity contribution is -0.133. The molecule has 0 aromatic rings. The molecule has 2 aliphatic rings. The van der Waals surface area contributed by atoms with E-state index in [0.717, 1.165) is 25.8 Å². The first-order valence-corrected chi connectivity index (χ1v) is 6.06. The average Bonchev–Trinajstić information content (AvgIpc) is 2.54. The van der Waals surface area contributed by atoms with Gasteiger partial charge in [0.2, 0.25) is 11.8 Å². The summed E-state index contributed by atoms with van der Waals surface area (Å²) in [5.41, 5.74) is 0. The summed E-state index contributed by atoms with van der Waals surface area (Å²) in [5.74, 6) is 0.211. The number of nitrogens with zero attached hydrogens (tertiary/aromatic N) is 1. The lowest BCUT2D eigenvalue weighted by Crippen LogP contribution is -2.49. The van der Waals surface area contributed by atoms with Gasteiger partial charge in [0.05, 0.1) is 6.04 Å². The van der Waals surface area contributed by atoms with Crippen LogP contribution >= 0.6 is 0 Å². The summed E-state index contributed by atoms with van der Waals surface area (Å²) in [6, 6.07) is -0.0260. The zero-order valence-corrected chi connectivity index (χ0v) is 9.50. The number of amides is 2. The highest BCUT2D eigenvalue weighted by Crippen LogP contribution is 2.10. The van der Waals surface area contributed by atoms with Crippen LogP contribution in [0.15, 0.2) is 0 Å². The largest absolute Gasteiger partial charge is 0.354 e. The quantitative estimate of drug-likeness (QED) is 0.631. The number of carbonyl (C=O) groups excluding carboxylic acids is 2. The van der Waals surface area contributed by atoms with Crippen molar-refractivity contribution in [2.24, 2.45) is 0 Å². The average molecular weight is 225 g/mol. The van der Waals surface area contributed by atoms with Gasteiger partial charge in [0, 0.05) is 26.1 Å². The molecule has 2 aliphatic heterocycles. The summed E-state index contributed by atoms with van der Waals surface area (Å²) in [6.45, 7) is 2.71. The van der Waals surface area contributed by atoms with Crippen LogP contribution in [0.5, 0.6) is 0 Å². The third-order valence-electron chi connectivity index (χ3n) is 3.23. The van der Waals surface area contributed by atoms with E-state index in [0.29, 0.717) is 26.1 Å². The molecular weight excluding hydrogens is 206 g/mol. The van der Waals surface area contributed by atoms with Crippen molar-refractivity contribution in [1.82, 2.24) is 15.5 Å². The predicted octanol–water partition coefficient (Wildman–Crippen LogP) is -0.523. The second-order valence-corrected chi connectivity index (χ2v) is 4.43. The van der Waals surface area contributed by atoms with Crippen LogP contribution in [-0.2, 0) is 9.59 Å². The maximum atomic E-state index is 12.1. The van der Waals surface area contributed by atoms with Crippen molar-refractivity contribution in [3.8, 4) is 0 Å². The van der Waals surface area contributed by atoms with Crippen molar-refractivity contribution in [3.05, 3.63) is 0 Å². The van der Waals surface area contributed by atoms with Gasteiger partial charge < -0.3 is 15.5 Å². The van der Waals surface area contributed by atoms with Gasteiger partial charge in [0.25, 0.3) is 0 Å². The third-order valence-corrected chi connectivity index (χ3v) is 3.23. The SMILES string of the molecule is O=C1CCN(C(=O)[C@H]2CCCCN2)CCN1. The molecule has 0 aliphatic carbocycles. The zero-order valence-electron chi connectivity index (χ0n) is 9.50. The van der Waals surface area contributed by atoms with Crippen molar-refractivity contribution in [2.45, 2.75) is 31.7 Å². The lowest BCUT2D eigenvalue weighted by Gasteiger charge is -2.28. The van der Waals surface area contributed by atoms with Crippen molar-refractivity contribution in [3.63, 3.8) is 0 Å². The Balaban J connectivity index is 1.89. The molecule has 0 bridgehead atoms. The number of hydrogen-bond acceptors (Lipinski definition) is 3. The molecule has 5 nitrogen and oxygen atoms in total. The van der Waals surface area contributed by atoms with Crippen LogP contribution < -0.4 is 10.6 Å². The van der Waals surface area contributed by atoms with Crippen LogP contribution in [0.1, 0.15) is 25.7 Å². The number of carbonyl (C=O) groups is 2. The fourth-order valence-electron chi connectivity index (χ4n) is 2.27. The minimum atomic E-state index is -0.0260. The van der Waals surface area contributed by atoms with Crippen LogP contribution in [0.25, 0.3) is 0 Å². The Morgan fingerprint density at radius 3 is 2.88 bits per heavy atom. The molecule has 2 rings (SSSR count). The normalized spacial score (nSPS) is 27.1. The van der Waals surface area contributed by atoms with Gasteiger partial charge in [0.15, 0.2) is 0 Å². The second-order valence-electron chi connectivity index (χ2n) is 4.43. The van der Waals surface area contributed by atoms with Crippen molar-refractivity contribution in [1.29, 1.82) is 0 Å². The van der Waals surface area contributed by atoms with Gasteiger partial charge >= 0.3 is 0 Å². The Morgan fingerprint density at radius 2 is 2.12 bits per heavy atom. The van der Waals surface area contributed by atoms with Gasteiger partial charge in [-0.05, 0) is 19.4 Å². The number of nitrogens with one attached hydrogen (secondary N) is 2. The molecule has 0 unspecified atom stereocenters. The highest BCUT2D eigenvalue weighted by Gasteiger charge is 2.26. The van der Waals surface area contributed by atoms with Crippen LogP contribution in [0.3, 0.4) is 0 Å². The van der Waals surface area contributed by atoms with Crippen molar-refractivity contribution in [2.75, 3.05) is 26.2 Å². The summed E-state index contributed by atoms with van der Waals surface area (Å²) >= 11 is 0. The Labute approximate surface area is 95.6 Å². The smallest absolute Gasteiger partial charge is 0.239 e. The van der Waals surface area contributed by atoms with Crippen LogP contribution in [-0.4, -0.2) is 48.9 Å². The Kier molecular flexibility index (Phi) is 3.77.